The van der Waals surface area contributed by atoms with Crippen molar-refractivity contribution in [3.8, 4) is 0 Å². The van der Waals surface area contributed by atoms with Crippen LogP contribution in [-0.2, 0) is 14.3 Å². The Morgan fingerprint density at radius 1 is 1.08 bits per heavy atom. The van der Waals surface area contributed by atoms with Crippen molar-refractivity contribution in [2.45, 2.75) is 6.10 Å². The van der Waals surface area contributed by atoms with E-state index in [0.717, 1.165) is 0 Å². The van der Waals surface area contributed by atoms with Gasteiger partial charge in [0.25, 0.3) is 5.91 Å². The van der Waals surface area contributed by atoms with Gasteiger partial charge in [0, 0.05) is 26.7 Å². The van der Waals surface area contributed by atoms with E-state index >= 15 is 0 Å². The summed E-state index contributed by atoms with van der Waals surface area (Å²) in [6.07, 6.45) is -0.992. The SMILES string of the molecule is CN(C)C(=O)C(OC(=O)CN(C)c1ccc(Cl)nn1)c1ccccc1. The number of hydrogen-bond acceptors (Lipinski definition) is 6. The lowest BCUT2D eigenvalue weighted by Crippen LogP contribution is -2.34. The van der Waals surface area contributed by atoms with Crippen molar-refractivity contribution in [2.24, 2.45) is 0 Å². The van der Waals surface area contributed by atoms with Gasteiger partial charge in [0.05, 0.1) is 0 Å². The summed E-state index contributed by atoms with van der Waals surface area (Å²) in [5.74, 6) is -0.395. The van der Waals surface area contributed by atoms with E-state index in [1.165, 1.54) is 4.90 Å². The quantitative estimate of drug-likeness (QED) is 0.731. The summed E-state index contributed by atoms with van der Waals surface area (Å²) >= 11 is 5.70. The number of rotatable bonds is 6. The second-order valence-corrected chi connectivity index (χ2v) is 5.97. The number of amides is 1. The molecule has 132 valence electrons. The molecule has 0 aliphatic heterocycles. The molecule has 0 saturated carbocycles. The molecule has 0 aliphatic rings. The van der Waals surface area contributed by atoms with E-state index in [1.54, 1.807) is 62.4 Å². The van der Waals surface area contributed by atoms with E-state index in [9.17, 15) is 9.59 Å². The minimum absolute atomic E-state index is 0.0830. The van der Waals surface area contributed by atoms with Crippen LogP contribution in [0.5, 0.6) is 0 Å². The normalized spacial score (nSPS) is 11.5. The highest BCUT2D eigenvalue weighted by Gasteiger charge is 2.26. The van der Waals surface area contributed by atoms with Crippen molar-refractivity contribution in [1.82, 2.24) is 15.1 Å². The van der Waals surface area contributed by atoms with Gasteiger partial charge < -0.3 is 14.5 Å². The van der Waals surface area contributed by atoms with Gasteiger partial charge in [0.15, 0.2) is 11.0 Å². The van der Waals surface area contributed by atoms with Crippen LogP contribution in [-0.4, -0.2) is 54.7 Å². The fourth-order valence-corrected chi connectivity index (χ4v) is 2.18. The van der Waals surface area contributed by atoms with Gasteiger partial charge in [0.2, 0.25) is 6.10 Å². The lowest BCUT2D eigenvalue weighted by Gasteiger charge is -2.23. The van der Waals surface area contributed by atoms with Gasteiger partial charge in [-0.15, -0.1) is 10.2 Å². The molecular weight excluding hydrogens is 344 g/mol. The average molecular weight is 363 g/mol. The molecular formula is C17H19ClN4O3. The molecule has 2 aromatic rings. The van der Waals surface area contributed by atoms with Crippen LogP contribution >= 0.6 is 11.6 Å². The van der Waals surface area contributed by atoms with Crippen LogP contribution in [0.3, 0.4) is 0 Å². The first-order valence-electron chi connectivity index (χ1n) is 7.54. The highest BCUT2D eigenvalue weighted by atomic mass is 35.5. The molecule has 8 heteroatoms. The highest BCUT2D eigenvalue weighted by molar-refractivity contribution is 6.29. The molecule has 0 bridgehead atoms. The van der Waals surface area contributed by atoms with Gasteiger partial charge in [-0.2, -0.15) is 0 Å². The number of carbonyl (C=O) groups is 2. The number of anilines is 1. The van der Waals surface area contributed by atoms with E-state index < -0.39 is 12.1 Å². The molecule has 0 spiro atoms. The lowest BCUT2D eigenvalue weighted by molar-refractivity contribution is -0.158. The van der Waals surface area contributed by atoms with Crippen LogP contribution in [0, 0.1) is 0 Å². The first-order valence-corrected chi connectivity index (χ1v) is 7.92. The summed E-state index contributed by atoms with van der Waals surface area (Å²) in [7, 11) is 4.90. The summed E-state index contributed by atoms with van der Waals surface area (Å²) in [6.45, 7) is -0.0830. The number of likely N-dealkylation sites (N-methyl/N-ethyl adjacent to an activating group) is 2. The summed E-state index contributed by atoms with van der Waals surface area (Å²) in [6, 6.07) is 12.1. The van der Waals surface area contributed by atoms with Crippen molar-refractivity contribution < 1.29 is 14.3 Å². The van der Waals surface area contributed by atoms with Crippen molar-refractivity contribution >= 4 is 29.3 Å². The predicted molar refractivity (Wildman–Crippen MR) is 94.3 cm³/mol. The molecule has 1 unspecified atom stereocenters. The van der Waals surface area contributed by atoms with E-state index in [2.05, 4.69) is 10.2 Å². The molecule has 7 nitrogen and oxygen atoms in total. The Labute approximate surface area is 151 Å². The van der Waals surface area contributed by atoms with Crippen molar-refractivity contribution in [2.75, 3.05) is 32.6 Å². The van der Waals surface area contributed by atoms with E-state index in [1.807, 2.05) is 6.07 Å². The second kappa shape index (κ2) is 8.43. The molecule has 1 amide bonds. The van der Waals surface area contributed by atoms with Gasteiger partial charge in [0.1, 0.15) is 6.54 Å². The van der Waals surface area contributed by atoms with E-state index in [0.29, 0.717) is 11.4 Å². The number of aromatic nitrogens is 2. The molecule has 0 N–H and O–H groups in total. The highest BCUT2D eigenvalue weighted by Crippen LogP contribution is 2.20. The summed E-state index contributed by atoms with van der Waals surface area (Å²) in [4.78, 5) is 27.6. The number of esters is 1. The number of benzene rings is 1. The Morgan fingerprint density at radius 3 is 2.32 bits per heavy atom. The molecule has 1 atom stereocenters. The zero-order chi connectivity index (χ0) is 18.4. The Hall–Kier alpha value is -2.67. The molecule has 0 radical (unpaired) electrons. The third kappa shape index (κ3) is 5.15. The Bertz CT molecular complexity index is 722. The summed E-state index contributed by atoms with van der Waals surface area (Å²) < 4.78 is 5.43. The molecule has 1 aromatic heterocycles. The lowest BCUT2D eigenvalue weighted by atomic mass is 10.1. The van der Waals surface area contributed by atoms with Gasteiger partial charge in [-0.3, -0.25) is 9.59 Å². The van der Waals surface area contributed by atoms with Crippen molar-refractivity contribution in [3.05, 3.63) is 53.2 Å². The molecule has 2 rings (SSSR count). The van der Waals surface area contributed by atoms with Crippen molar-refractivity contribution in [3.63, 3.8) is 0 Å². The predicted octanol–water partition coefficient (Wildman–Crippen LogP) is 1.94. The number of carbonyl (C=O) groups excluding carboxylic acids is 2. The maximum absolute atomic E-state index is 12.4. The van der Waals surface area contributed by atoms with Gasteiger partial charge in [-0.05, 0) is 12.1 Å². The van der Waals surface area contributed by atoms with Gasteiger partial charge >= 0.3 is 5.97 Å². The Balaban J connectivity index is 2.09. The number of ether oxygens (including phenoxy) is 1. The fraction of sp³-hybridized carbons (Fsp3) is 0.294. The maximum Gasteiger partial charge on any atom is 0.326 e. The zero-order valence-corrected chi connectivity index (χ0v) is 15.0. The third-order valence-electron chi connectivity index (χ3n) is 3.39. The van der Waals surface area contributed by atoms with Crippen LogP contribution in [0.1, 0.15) is 11.7 Å². The maximum atomic E-state index is 12.4. The van der Waals surface area contributed by atoms with Gasteiger partial charge in [-0.1, -0.05) is 41.9 Å². The molecule has 1 aromatic carbocycles. The molecule has 0 fully saturated rings. The second-order valence-electron chi connectivity index (χ2n) is 5.58. The van der Waals surface area contributed by atoms with Crippen LogP contribution in [0.2, 0.25) is 5.15 Å². The minimum atomic E-state index is -0.992. The van der Waals surface area contributed by atoms with Crippen LogP contribution in [0.25, 0.3) is 0 Å². The monoisotopic (exact) mass is 362 g/mol. The zero-order valence-electron chi connectivity index (χ0n) is 14.2. The fourth-order valence-electron chi connectivity index (χ4n) is 2.08. The van der Waals surface area contributed by atoms with E-state index in [-0.39, 0.29) is 17.6 Å². The minimum Gasteiger partial charge on any atom is -0.446 e. The summed E-state index contributed by atoms with van der Waals surface area (Å²) in [5.41, 5.74) is 0.614. The average Bonchev–Trinajstić information content (AvgIpc) is 2.60. The Morgan fingerprint density at radius 2 is 1.76 bits per heavy atom. The third-order valence-corrected chi connectivity index (χ3v) is 3.59. The first kappa shape index (κ1) is 18.7. The first-order chi connectivity index (χ1) is 11.9. The van der Waals surface area contributed by atoms with Gasteiger partial charge in [-0.25, -0.2) is 0 Å². The molecule has 25 heavy (non-hydrogen) atoms. The van der Waals surface area contributed by atoms with E-state index in [4.69, 9.17) is 16.3 Å². The smallest absolute Gasteiger partial charge is 0.326 e. The van der Waals surface area contributed by atoms with Crippen LogP contribution < -0.4 is 4.90 Å². The molecule has 0 saturated heterocycles. The summed E-state index contributed by atoms with van der Waals surface area (Å²) in [5, 5.41) is 7.89. The standard InChI is InChI=1S/C17H19ClN4O3/c1-21(2)17(24)16(12-7-5-4-6-8-12)25-15(23)11-22(3)14-10-9-13(18)19-20-14/h4-10,16H,11H2,1-3H3. The topological polar surface area (TPSA) is 75.6 Å². The number of hydrogen-bond donors (Lipinski definition) is 0. The number of halogens is 1. The van der Waals surface area contributed by atoms with Crippen molar-refractivity contribution in [1.29, 1.82) is 0 Å². The Kier molecular flexibility index (Phi) is 6.30. The van der Waals surface area contributed by atoms with Crippen LogP contribution in [0.4, 0.5) is 5.82 Å². The number of nitrogens with zero attached hydrogens (tertiary/aromatic N) is 4. The largest absolute Gasteiger partial charge is 0.446 e. The molecule has 0 aliphatic carbocycles. The van der Waals surface area contributed by atoms with Crippen LogP contribution in [0.15, 0.2) is 42.5 Å². The molecule has 1 heterocycles.